The second-order valence-corrected chi connectivity index (χ2v) is 8.12. The predicted molar refractivity (Wildman–Crippen MR) is 99.8 cm³/mol. The Bertz CT molecular complexity index is 553. The monoisotopic (exact) mass is 446 g/mol. The first-order valence-corrected chi connectivity index (χ1v) is 8.30. The smallest absolute Gasteiger partial charge is 0.318 e. The maximum absolute atomic E-state index is 11.7. The summed E-state index contributed by atoms with van der Waals surface area (Å²) in [7, 11) is 3.14. The van der Waals surface area contributed by atoms with E-state index in [0.29, 0.717) is 0 Å². The number of carbonyl (C=O) groups is 1. The number of thiocarbonyl (C=S) groups is 1. The molecule has 5 nitrogen and oxygen atoms in total. The van der Waals surface area contributed by atoms with Gasteiger partial charge in [-0.25, -0.2) is 4.79 Å². The minimum atomic E-state index is -1.78. The van der Waals surface area contributed by atoms with Gasteiger partial charge < -0.3 is 20.9 Å². The van der Waals surface area contributed by atoms with Gasteiger partial charge in [0.15, 0.2) is 11.3 Å². The fraction of sp³-hybridized carbons (Fsp3) is 0.333. The van der Waals surface area contributed by atoms with Crippen LogP contribution in [0.5, 0.6) is 0 Å². The average Bonchev–Trinajstić information content (AvgIpc) is 2.36. The first-order valence-electron chi connectivity index (χ1n) is 5.97. The molecule has 0 aliphatic heterocycles. The highest BCUT2D eigenvalue weighted by molar-refractivity contribution is 9.10. The number of urea groups is 1. The topological polar surface area (TPSA) is 56.4 Å². The summed E-state index contributed by atoms with van der Waals surface area (Å²) >= 11 is 26.1. The third-order valence-corrected chi connectivity index (χ3v) is 3.73. The number of carbonyl (C=O) groups excluding carboxylic acids is 1. The molecule has 10 heteroatoms. The van der Waals surface area contributed by atoms with Crippen LogP contribution < -0.4 is 16.0 Å². The van der Waals surface area contributed by atoms with Crippen LogP contribution in [0.1, 0.15) is 0 Å². The fourth-order valence-electron chi connectivity index (χ4n) is 1.32. The molecule has 1 aromatic rings. The van der Waals surface area contributed by atoms with Crippen molar-refractivity contribution in [2.75, 3.05) is 19.4 Å². The van der Waals surface area contributed by atoms with E-state index in [4.69, 9.17) is 47.0 Å². The van der Waals surface area contributed by atoms with Crippen molar-refractivity contribution in [2.45, 2.75) is 9.96 Å². The molecule has 0 aliphatic carbocycles. The van der Waals surface area contributed by atoms with Crippen molar-refractivity contribution in [3.63, 3.8) is 0 Å². The molecule has 3 N–H and O–H groups in total. The first-order chi connectivity index (χ1) is 10.1. The second-order valence-electron chi connectivity index (χ2n) is 4.43. The Balaban J connectivity index is 2.73. The number of nitrogens with one attached hydrogen (secondary N) is 3. The summed E-state index contributed by atoms with van der Waals surface area (Å²) in [5.74, 6) is 0. The van der Waals surface area contributed by atoms with Gasteiger partial charge in [-0.1, -0.05) is 56.8 Å². The Morgan fingerprint density at radius 2 is 1.95 bits per heavy atom. The molecule has 0 heterocycles. The van der Waals surface area contributed by atoms with E-state index in [1.807, 2.05) is 24.3 Å². The lowest BCUT2D eigenvalue weighted by Gasteiger charge is -2.28. The molecule has 0 saturated heterocycles. The van der Waals surface area contributed by atoms with E-state index in [9.17, 15) is 4.79 Å². The summed E-state index contributed by atoms with van der Waals surface area (Å²) in [4.78, 5) is 13.0. The molecule has 1 rings (SSSR count). The summed E-state index contributed by atoms with van der Waals surface area (Å²) in [6, 6.07) is 6.95. The van der Waals surface area contributed by atoms with Crippen molar-refractivity contribution < 1.29 is 4.79 Å². The molecular formula is C12H14BrCl3N4OS. The van der Waals surface area contributed by atoms with E-state index in [-0.39, 0.29) is 5.11 Å². The summed E-state index contributed by atoms with van der Waals surface area (Å²) < 4.78 is -0.895. The maximum Gasteiger partial charge on any atom is 0.318 e. The van der Waals surface area contributed by atoms with Crippen LogP contribution in [0.15, 0.2) is 28.7 Å². The van der Waals surface area contributed by atoms with Crippen LogP contribution in [-0.2, 0) is 0 Å². The van der Waals surface area contributed by atoms with Gasteiger partial charge in [0.1, 0.15) is 0 Å². The third kappa shape index (κ3) is 6.75. The molecule has 1 unspecified atom stereocenters. The normalized spacial score (nSPS) is 12.3. The van der Waals surface area contributed by atoms with E-state index >= 15 is 0 Å². The predicted octanol–water partition coefficient (Wildman–Crippen LogP) is 3.70. The van der Waals surface area contributed by atoms with E-state index in [1.54, 1.807) is 14.1 Å². The Labute approximate surface area is 157 Å². The van der Waals surface area contributed by atoms with Gasteiger partial charge in [-0.15, -0.1) is 0 Å². The lowest BCUT2D eigenvalue weighted by atomic mass is 10.3. The zero-order valence-corrected chi connectivity index (χ0v) is 16.3. The Kier molecular flexibility index (Phi) is 7.48. The number of anilines is 1. The van der Waals surface area contributed by atoms with Crippen LogP contribution in [-0.4, -0.2) is 40.1 Å². The van der Waals surface area contributed by atoms with Crippen molar-refractivity contribution in [1.82, 2.24) is 15.5 Å². The highest BCUT2D eigenvalue weighted by atomic mass is 79.9. The van der Waals surface area contributed by atoms with Gasteiger partial charge in [-0.3, -0.25) is 0 Å². The van der Waals surface area contributed by atoms with E-state index < -0.39 is 16.0 Å². The van der Waals surface area contributed by atoms with Crippen molar-refractivity contribution in [3.8, 4) is 0 Å². The minimum absolute atomic E-state index is 0.202. The SMILES string of the molecule is CN(C)C(=O)NC(NC(=S)Nc1cccc(Br)c1)C(Cl)(Cl)Cl. The molecule has 0 aromatic heterocycles. The molecule has 122 valence electrons. The van der Waals surface area contributed by atoms with Gasteiger partial charge in [0.05, 0.1) is 0 Å². The van der Waals surface area contributed by atoms with Crippen molar-refractivity contribution >= 4 is 79.8 Å². The zero-order valence-electron chi connectivity index (χ0n) is 11.7. The third-order valence-electron chi connectivity index (χ3n) is 2.36. The summed E-state index contributed by atoms with van der Waals surface area (Å²) in [5.41, 5.74) is 0.744. The molecule has 2 amide bonds. The molecule has 0 fully saturated rings. The van der Waals surface area contributed by atoms with Gasteiger partial charge in [0.2, 0.25) is 3.79 Å². The number of nitrogens with zero attached hydrogens (tertiary/aromatic N) is 1. The van der Waals surface area contributed by atoms with E-state index in [1.165, 1.54) is 4.90 Å². The fourth-order valence-corrected chi connectivity index (χ4v) is 2.28. The molecule has 0 aliphatic rings. The number of hydrogen-bond donors (Lipinski definition) is 3. The quantitative estimate of drug-likeness (QED) is 0.375. The first kappa shape index (κ1) is 19.6. The Morgan fingerprint density at radius 3 is 2.45 bits per heavy atom. The molecular weight excluding hydrogens is 434 g/mol. The van der Waals surface area contributed by atoms with Crippen molar-refractivity contribution in [1.29, 1.82) is 0 Å². The molecule has 0 radical (unpaired) electrons. The molecule has 1 aromatic carbocycles. The van der Waals surface area contributed by atoms with Crippen LogP contribution in [0.25, 0.3) is 0 Å². The highest BCUT2D eigenvalue weighted by Gasteiger charge is 2.35. The van der Waals surface area contributed by atoms with E-state index in [2.05, 4.69) is 31.9 Å². The van der Waals surface area contributed by atoms with Gasteiger partial charge >= 0.3 is 6.03 Å². The van der Waals surface area contributed by atoms with Crippen LogP contribution in [0, 0.1) is 0 Å². The maximum atomic E-state index is 11.7. The van der Waals surface area contributed by atoms with Gasteiger partial charge in [-0.2, -0.15) is 0 Å². The average molecular weight is 449 g/mol. The number of rotatable bonds is 3. The summed E-state index contributed by atoms with van der Waals surface area (Å²) in [5, 5.41) is 8.43. The van der Waals surface area contributed by atoms with Crippen LogP contribution >= 0.6 is 63.0 Å². The number of hydrogen-bond acceptors (Lipinski definition) is 2. The molecule has 0 saturated carbocycles. The van der Waals surface area contributed by atoms with Crippen molar-refractivity contribution in [3.05, 3.63) is 28.7 Å². The molecule has 22 heavy (non-hydrogen) atoms. The summed E-state index contributed by atoms with van der Waals surface area (Å²) in [6.07, 6.45) is -1.00. The lowest BCUT2D eigenvalue weighted by molar-refractivity contribution is 0.212. The summed E-state index contributed by atoms with van der Waals surface area (Å²) in [6.45, 7) is 0. The lowest BCUT2D eigenvalue weighted by Crippen LogP contribution is -2.57. The largest absolute Gasteiger partial charge is 0.339 e. The number of halogens is 4. The Morgan fingerprint density at radius 1 is 1.32 bits per heavy atom. The van der Waals surface area contributed by atoms with Crippen LogP contribution in [0.3, 0.4) is 0 Å². The molecule has 0 spiro atoms. The van der Waals surface area contributed by atoms with E-state index in [0.717, 1.165) is 10.2 Å². The molecule has 0 bridgehead atoms. The standard InChI is InChI=1S/C12H14BrCl3N4OS/c1-20(2)11(21)19-9(12(14,15)16)18-10(22)17-8-5-3-4-7(13)6-8/h3-6,9H,1-2H3,(H,19,21)(H2,17,18,22). The highest BCUT2D eigenvalue weighted by Crippen LogP contribution is 2.29. The van der Waals surface area contributed by atoms with Gasteiger partial charge in [-0.05, 0) is 30.4 Å². The minimum Gasteiger partial charge on any atom is -0.339 e. The van der Waals surface area contributed by atoms with Crippen molar-refractivity contribution in [2.24, 2.45) is 0 Å². The van der Waals surface area contributed by atoms with Crippen LogP contribution in [0.2, 0.25) is 0 Å². The number of alkyl halides is 3. The second kappa shape index (κ2) is 8.40. The molecule has 1 atom stereocenters. The number of amides is 2. The zero-order chi connectivity index (χ0) is 16.9. The van der Waals surface area contributed by atoms with Gasteiger partial charge in [0, 0.05) is 24.3 Å². The van der Waals surface area contributed by atoms with Crippen LogP contribution in [0.4, 0.5) is 10.5 Å². The number of benzene rings is 1. The Hall–Kier alpha value is -0.470. The van der Waals surface area contributed by atoms with Gasteiger partial charge in [0.25, 0.3) is 0 Å².